The molecule has 1 N–H and O–H groups in total. The summed E-state index contributed by atoms with van der Waals surface area (Å²) in [6.07, 6.45) is 0.797. The zero-order valence-corrected chi connectivity index (χ0v) is 21.6. The number of aromatic nitrogens is 5. The molecule has 1 atom stereocenters. The van der Waals surface area contributed by atoms with Gasteiger partial charge in [0, 0.05) is 24.2 Å². The number of aryl methyl sites for hydroxylation is 2. The van der Waals surface area contributed by atoms with Crippen LogP contribution in [0.25, 0.3) is 10.9 Å². The molecule has 0 saturated carbocycles. The van der Waals surface area contributed by atoms with Crippen molar-refractivity contribution < 1.29 is 0 Å². The predicted molar refractivity (Wildman–Crippen MR) is 146 cm³/mol. The van der Waals surface area contributed by atoms with Gasteiger partial charge in [-0.25, -0.2) is 4.68 Å². The number of nitrogens with zero attached hydrogens (tertiary/aromatic N) is 5. The molecular weight excluding hydrogens is 460 g/mol. The van der Waals surface area contributed by atoms with Gasteiger partial charge < -0.3 is 4.98 Å². The number of pyridine rings is 1. The normalized spacial score (nSPS) is 12.3. The molecule has 5 aromatic rings. The van der Waals surface area contributed by atoms with Crippen LogP contribution in [0, 0.1) is 13.8 Å². The van der Waals surface area contributed by atoms with Gasteiger partial charge in [0.2, 0.25) is 0 Å². The van der Waals surface area contributed by atoms with Crippen molar-refractivity contribution in [3.8, 4) is 0 Å². The second kappa shape index (κ2) is 10.9. The van der Waals surface area contributed by atoms with Gasteiger partial charge in [-0.05, 0) is 76.5 Å². The lowest BCUT2D eigenvalue weighted by molar-refractivity contribution is 0.161. The van der Waals surface area contributed by atoms with Crippen molar-refractivity contribution in [2.45, 2.75) is 52.9 Å². The molecule has 5 rings (SSSR count). The quantitative estimate of drug-likeness (QED) is 0.301. The van der Waals surface area contributed by atoms with Gasteiger partial charge in [0.25, 0.3) is 5.56 Å². The molecule has 0 aliphatic heterocycles. The summed E-state index contributed by atoms with van der Waals surface area (Å²) in [6, 6.07) is 26.7. The van der Waals surface area contributed by atoms with Gasteiger partial charge >= 0.3 is 0 Å². The van der Waals surface area contributed by atoms with Crippen LogP contribution in [0.3, 0.4) is 0 Å². The predicted octanol–water partition coefficient (Wildman–Crippen LogP) is 5.33. The number of hydrogen-bond acceptors (Lipinski definition) is 5. The summed E-state index contributed by atoms with van der Waals surface area (Å²) >= 11 is 0. The van der Waals surface area contributed by atoms with Gasteiger partial charge in [-0.2, -0.15) is 0 Å². The van der Waals surface area contributed by atoms with Crippen molar-refractivity contribution in [3.63, 3.8) is 0 Å². The lowest BCUT2D eigenvalue weighted by Gasteiger charge is -2.30. The molecule has 2 heterocycles. The zero-order valence-electron chi connectivity index (χ0n) is 21.6. The highest BCUT2D eigenvalue weighted by atomic mass is 16.1. The van der Waals surface area contributed by atoms with E-state index in [9.17, 15) is 4.79 Å². The highest BCUT2D eigenvalue weighted by Gasteiger charge is 2.26. The molecular formula is C30H32N6O. The van der Waals surface area contributed by atoms with Crippen molar-refractivity contribution in [1.29, 1.82) is 0 Å². The number of hydrogen-bond donors (Lipinski definition) is 1. The summed E-state index contributed by atoms with van der Waals surface area (Å²) in [5.41, 5.74) is 6.21. The molecule has 37 heavy (non-hydrogen) atoms. The number of tetrazole rings is 1. The maximum atomic E-state index is 13.2. The number of nitrogens with one attached hydrogen (secondary N) is 1. The zero-order chi connectivity index (χ0) is 25.8. The summed E-state index contributed by atoms with van der Waals surface area (Å²) in [6.45, 7) is 8.04. The fraction of sp³-hybridized carbons (Fsp3) is 0.267. The number of fused-ring (bicyclic) bond motifs is 1. The SMILES string of the molecule is CCC(c1nnnn1Cc1ccccc1)N(Cc1ccccc1)Cc1cc2cc(C)c(C)cc2[nH]c1=O. The minimum absolute atomic E-state index is 0.0625. The first-order valence-corrected chi connectivity index (χ1v) is 12.7. The van der Waals surface area contributed by atoms with Crippen molar-refractivity contribution in [2.75, 3.05) is 0 Å². The van der Waals surface area contributed by atoms with E-state index in [4.69, 9.17) is 0 Å². The van der Waals surface area contributed by atoms with E-state index in [-0.39, 0.29) is 11.6 Å². The van der Waals surface area contributed by atoms with Gasteiger partial charge in [-0.1, -0.05) is 67.6 Å². The molecule has 0 spiro atoms. The summed E-state index contributed by atoms with van der Waals surface area (Å²) in [4.78, 5) is 18.6. The monoisotopic (exact) mass is 492 g/mol. The Kier molecular flexibility index (Phi) is 7.23. The van der Waals surface area contributed by atoms with Crippen LogP contribution in [0.15, 0.2) is 83.7 Å². The average molecular weight is 493 g/mol. The molecule has 7 heteroatoms. The molecule has 0 amide bonds. The van der Waals surface area contributed by atoms with Gasteiger partial charge in [-0.3, -0.25) is 9.69 Å². The molecule has 0 radical (unpaired) electrons. The Morgan fingerprint density at radius 1 is 0.892 bits per heavy atom. The molecule has 0 saturated heterocycles. The largest absolute Gasteiger partial charge is 0.322 e. The van der Waals surface area contributed by atoms with E-state index < -0.39 is 0 Å². The van der Waals surface area contributed by atoms with E-state index in [1.807, 2.05) is 53.2 Å². The highest BCUT2D eigenvalue weighted by Crippen LogP contribution is 2.27. The van der Waals surface area contributed by atoms with Crippen molar-refractivity contribution in [2.24, 2.45) is 0 Å². The Balaban J connectivity index is 1.52. The second-order valence-corrected chi connectivity index (χ2v) is 9.64. The molecule has 188 valence electrons. The standard InChI is InChI=1S/C30H32N6O/c1-4-28(29-32-33-34-36(29)19-24-13-9-6-10-14-24)35(18-23-11-7-5-8-12-23)20-26-17-25-15-21(2)22(3)16-27(25)31-30(26)37/h5-17,28H,4,18-20H2,1-3H3,(H,31,37). The minimum atomic E-state index is -0.0752. The van der Waals surface area contributed by atoms with Gasteiger partial charge in [0.05, 0.1) is 12.6 Å². The van der Waals surface area contributed by atoms with Crippen LogP contribution in [-0.4, -0.2) is 30.1 Å². The highest BCUT2D eigenvalue weighted by molar-refractivity contribution is 5.80. The van der Waals surface area contributed by atoms with Crippen molar-refractivity contribution in [3.05, 3.63) is 123 Å². The first kappa shape index (κ1) is 24.6. The fourth-order valence-electron chi connectivity index (χ4n) is 4.88. The molecule has 0 aliphatic rings. The van der Waals surface area contributed by atoms with Crippen LogP contribution in [0.1, 0.15) is 53.0 Å². The van der Waals surface area contributed by atoms with Gasteiger partial charge in [0.1, 0.15) is 0 Å². The van der Waals surface area contributed by atoms with Crippen LogP contribution in [0.5, 0.6) is 0 Å². The van der Waals surface area contributed by atoms with Crippen LogP contribution >= 0.6 is 0 Å². The first-order chi connectivity index (χ1) is 18.0. The average Bonchev–Trinajstić information content (AvgIpc) is 3.35. The van der Waals surface area contributed by atoms with Crippen molar-refractivity contribution in [1.82, 2.24) is 30.1 Å². The van der Waals surface area contributed by atoms with Crippen molar-refractivity contribution >= 4 is 10.9 Å². The fourth-order valence-corrected chi connectivity index (χ4v) is 4.88. The Bertz CT molecular complexity index is 1540. The smallest absolute Gasteiger partial charge is 0.252 e. The maximum absolute atomic E-state index is 13.2. The van der Waals surface area contributed by atoms with E-state index in [0.29, 0.717) is 19.6 Å². The molecule has 0 bridgehead atoms. The van der Waals surface area contributed by atoms with Crippen LogP contribution in [0.2, 0.25) is 0 Å². The van der Waals surface area contributed by atoms with E-state index in [1.165, 1.54) is 11.1 Å². The molecule has 0 aliphatic carbocycles. The Morgan fingerprint density at radius 2 is 1.57 bits per heavy atom. The molecule has 1 unspecified atom stereocenters. The molecule has 0 fully saturated rings. The minimum Gasteiger partial charge on any atom is -0.322 e. The number of rotatable bonds is 9. The van der Waals surface area contributed by atoms with Gasteiger partial charge in [-0.15, -0.1) is 5.10 Å². The number of H-pyrrole nitrogens is 1. The maximum Gasteiger partial charge on any atom is 0.252 e. The summed E-state index contributed by atoms with van der Waals surface area (Å²) in [5.74, 6) is 0.797. The molecule has 7 nitrogen and oxygen atoms in total. The van der Waals surface area contributed by atoms with E-state index in [0.717, 1.165) is 39.8 Å². The third-order valence-corrected chi connectivity index (χ3v) is 7.00. The van der Waals surface area contributed by atoms with Crippen LogP contribution < -0.4 is 5.56 Å². The second-order valence-electron chi connectivity index (χ2n) is 9.64. The van der Waals surface area contributed by atoms with Crippen LogP contribution in [0.4, 0.5) is 0 Å². The van der Waals surface area contributed by atoms with E-state index in [1.54, 1.807) is 0 Å². The Labute approximate surface area is 216 Å². The number of aromatic amines is 1. The van der Waals surface area contributed by atoms with E-state index in [2.05, 4.69) is 76.5 Å². The topological polar surface area (TPSA) is 79.7 Å². The Morgan fingerprint density at radius 3 is 2.27 bits per heavy atom. The van der Waals surface area contributed by atoms with E-state index >= 15 is 0 Å². The lowest BCUT2D eigenvalue weighted by Crippen LogP contribution is -2.32. The van der Waals surface area contributed by atoms with Gasteiger partial charge in [0.15, 0.2) is 5.82 Å². The lowest BCUT2D eigenvalue weighted by atomic mass is 10.0. The summed E-state index contributed by atoms with van der Waals surface area (Å²) < 4.78 is 1.87. The molecule has 3 aromatic carbocycles. The third-order valence-electron chi connectivity index (χ3n) is 7.00. The third kappa shape index (κ3) is 5.52. The Hall–Kier alpha value is -4.10. The van der Waals surface area contributed by atoms with Crippen LogP contribution in [-0.2, 0) is 19.6 Å². The summed E-state index contributed by atoms with van der Waals surface area (Å²) in [7, 11) is 0. The number of benzene rings is 3. The summed E-state index contributed by atoms with van der Waals surface area (Å²) in [5, 5.41) is 13.8. The molecule has 2 aromatic heterocycles. The first-order valence-electron chi connectivity index (χ1n) is 12.7.